The van der Waals surface area contributed by atoms with E-state index in [1.54, 1.807) is 16.8 Å². The first-order valence-electron chi connectivity index (χ1n) is 9.82. The first-order chi connectivity index (χ1) is 14.9. The van der Waals surface area contributed by atoms with Crippen molar-refractivity contribution < 1.29 is 22.8 Å². The van der Waals surface area contributed by atoms with Crippen molar-refractivity contribution in [1.29, 1.82) is 0 Å². The molecule has 0 unspecified atom stereocenters. The van der Waals surface area contributed by atoms with Gasteiger partial charge in [-0.25, -0.2) is 17.9 Å². The highest BCUT2D eigenvalue weighted by Crippen LogP contribution is 2.27. The summed E-state index contributed by atoms with van der Waals surface area (Å²) in [7, 11) is 0. The lowest BCUT2D eigenvalue weighted by Crippen LogP contribution is -2.33. The third-order valence-corrected chi connectivity index (χ3v) is 5.08. The molecule has 1 aliphatic rings. The van der Waals surface area contributed by atoms with Gasteiger partial charge in [-0.3, -0.25) is 9.59 Å². The topological polar surface area (TPSA) is 76.0 Å². The van der Waals surface area contributed by atoms with Gasteiger partial charge in [0.15, 0.2) is 17.3 Å². The van der Waals surface area contributed by atoms with Crippen LogP contribution in [0.1, 0.15) is 34.6 Å². The predicted octanol–water partition coefficient (Wildman–Crippen LogP) is 3.54. The van der Waals surface area contributed by atoms with E-state index in [1.165, 1.54) is 18.2 Å². The Hall–Kier alpha value is -3.62. The third kappa shape index (κ3) is 4.45. The number of halogens is 3. The van der Waals surface area contributed by atoms with Gasteiger partial charge in [0.1, 0.15) is 5.82 Å². The third-order valence-electron chi connectivity index (χ3n) is 5.08. The molecule has 2 aromatic carbocycles. The molecule has 9 heteroatoms. The van der Waals surface area contributed by atoms with Crippen molar-refractivity contribution >= 4 is 17.5 Å². The minimum atomic E-state index is -1.08. The lowest BCUT2D eigenvalue weighted by Gasteiger charge is -2.14. The average molecular weight is 428 g/mol. The number of amides is 2. The maximum atomic E-state index is 13.3. The molecule has 0 spiro atoms. The van der Waals surface area contributed by atoms with E-state index < -0.39 is 23.4 Å². The lowest BCUT2D eigenvalue weighted by atomic mass is 9.95. The van der Waals surface area contributed by atoms with Gasteiger partial charge in [-0.1, -0.05) is 0 Å². The number of anilines is 1. The van der Waals surface area contributed by atoms with Gasteiger partial charge in [0.2, 0.25) is 5.91 Å². The Labute approximate surface area is 176 Å². The van der Waals surface area contributed by atoms with Crippen molar-refractivity contribution in [3.05, 3.63) is 76.9 Å². The average Bonchev–Trinajstić information content (AvgIpc) is 3.15. The van der Waals surface area contributed by atoms with Crippen molar-refractivity contribution in [3.63, 3.8) is 0 Å². The maximum Gasteiger partial charge on any atom is 0.272 e. The fraction of sp³-hybridized carbons (Fsp3) is 0.227. The summed E-state index contributed by atoms with van der Waals surface area (Å²) in [4.78, 5) is 24.8. The van der Waals surface area contributed by atoms with Crippen LogP contribution in [-0.2, 0) is 17.6 Å². The molecular formula is C22H19F3N4O2. The van der Waals surface area contributed by atoms with Crippen molar-refractivity contribution in [3.8, 4) is 5.69 Å². The molecule has 0 bridgehead atoms. The van der Waals surface area contributed by atoms with Crippen LogP contribution in [0.3, 0.4) is 0 Å². The van der Waals surface area contributed by atoms with Crippen LogP contribution in [0.25, 0.3) is 5.69 Å². The molecule has 31 heavy (non-hydrogen) atoms. The van der Waals surface area contributed by atoms with Gasteiger partial charge in [0.05, 0.1) is 12.2 Å². The van der Waals surface area contributed by atoms with Gasteiger partial charge >= 0.3 is 0 Å². The molecule has 0 saturated carbocycles. The molecule has 4 rings (SSSR count). The Morgan fingerprint density at radius 3 is 2.45 bits per heavy atom. The zero-order chi connectivity index (χ0) is 22.0. The number of benzene rings is 2. The van der Waals surface area contributed by atoms with E-state index >= 15 is 0 Å². The SMILES string of the molecule is O=C(CNC(=O)c1nn(-c2ccc(F)cc2)c2c1CCCC2)Nc1ccc(F)c(F)c1. The summed E-state index contributed by atoms with van der Waals surface area (Å²) in [6.45, 7) is -0.365. The van der Waals surface area contributed by atoms with E-state index in [2.05, 4.69) is 15.7 Å². The van der Waals surface area contributed by atoms with Crippen LogP contribution in [0.5, 0.6) is 0 Å². The van der Waals surface area contributed by atoms with E-state index in [4.69, 9.17) is 0 Å². The molecule has 6 nitrogen and oxygen atoms in total. The molecule has 0 radical (unpaired) electrons. The quantitative estimate of drug-likeness (QED) is 0.653. The molecule has 1 heterocycles. The number of carbonyl (C=O) groups excluding carboxylic acids is 2. The van der Waals surface area contributed by atoms with Gasteiger partial charge in [0, 0.05) is 23.0 Å². The van der Waals surface area contributed by atoms with Crippen LogP contribution in [0.15, 0.2) is 42.5 Å². The predicted molar refractivity (Wildman–Crippen MR) is 107 cm³/mol. The minimum Gasteiger partial charge on any atom is -0.342 e. The summed E-state index contributed by atoms with van der Waals surface area (Å²) in [6, 6.07) is 8.82. The number of rotatable bonds is 5. The Bertz CT molecular complexity index is 1140. The molecule has 2 N–H and O–H groups in total. The summed E-state index contributed by atoms with van der Waals surface area (Å²) < 4.78 is 41.2. The number of hydrogen-bond donors (Lipinski definition) is 2. The smallest absolute Gasteiger partial charge is 0.272 e. The zero-order valence-corrected chi connectivity index (χ0v) is 16.4. The van der Waals surface area contributed by atoms with E-state index in [-0.39, 0.29) is 23.7 Å². The number of carbonyl (C=O) groups is 2. The Morgan fingerprint density at radius 2 is 1.71 bits per heavy atom. The second-order valence-electron chi connectivity index (χ2n) is 7.23. The van der Waals surface area contributed by atoms with Gasteiger partial charge in [-0.2, -0.15) is 5.10 Å². The van der Waals surface area contributed by atoms with E-state index in [0.29, 0.717) is 12.1 Å². The minimum absolute atomic E-state index is 0.0797. The number of nitrogens with zero attached hydrogens (tertiary/aromatic N) is 2. The second kappa shape index (κ2) is 8.63. The van der Waals surface area contributed by atoms with Gasteiger partial charge in [-0.15, -0.1) is 0 Å². The highest BCUT2D eigenvalue weighted by molar-refractivity contribution is 5.99. The highest BCUT2D eigenvalue weighted by atomic mass is 19.2. The molecule has 3 aromatic rings. The van der Waals surface area contributed by atoms with Crippen LogP contribution in [0.4, 0.5) is 18.9 Å². The molecular weight excluding hydrogens is 409 g/mol. The van der Waals surface area contributed by atoms with Crippen LogP contribution in [0.2, 0.25) is 0 Å². The largest absolute Gasteiger partial charge is 0.342 e. The van der Waals surface area contributed by atoms with Gasteiger partial charge < -0.3 is 10.6 Å². The maximum absolute atomic E-state index is 13.3. The van der Waals surface area contributed by atoms with E-state index in [1.807, 2.05) is 0 Å². The number of fused-ring (bicyclic) bond motifs is 1. The fourth-order valence-electron chi connectivity index (χ4n) is 3.60. The summed E-state index contributed by atoms with van der Waals surface area (Å²) >= 11 is 0. The van der Waals surface area contributed by atoms with Gasteiger partial charge in [-0.05, 0) is 62.1 Å². The zero-order valence-electron chi connectivity index (χ0n) is 16.4. The standard InChI is InChI=1S/C22H19F3N4O2/c23-13-5-8-15(9-6-13)29-19-4-2-1-3-16(19)21(28-29)22(31)26-12-20(30)27-14-7-10-17(24)18(25)11-14/h5-11H,1-4,12H2,(H,26,31)(H,27,30). The van der Waals surface area contributed by atoms with Crippen molar-refractivity contribution in [1.82, 2.24) is 15.1 Å². The summed E-state index contributed by atoms with van der Waals surface area (Å²) in [5.74, 6) is -3.58. The molecule has 1 aromatic heterocycles. The van der Waals surface area contributed by atoms with E-state index in [9.17, 15) is 22.8 Å². The van der Waals surface area contributed by atoms with Gasteiger partial charge in [0.25, 0.3) is 5.91 Å². The lowest BCUT2D eigenvalue weighted by molar-refractivity contribution is -0.115. The molecule has 2 amide bonds. The second-order valence-corrected chi connectivity index (χ2v) is 7.23. The molecule has 1 aliphatic carbocycles. The van der Waals surface area contributed by atoms with Crippen molar-refractivity contribution in [2.75, 3.05) is 11.9 Å². The first-order valence-corrected chi connectivity index (χ1v) is 9.82. The molecule has 0 saturated heterocycles. The summed E-state index contributed by atoms with van der Waals surface area (Å²) in [6.07, 6.45) is 3.29. The Morgan fingerprint density at radius 1 is 0.968 bits per heavy atom. The molecule has 160 valence electrons. The summed E-state index contributed by atoms with van der Waals surface area (Å²) in [5, 5.41) is 9.34. The summed E-state index contributed by atoms with van der Waals surface area (Å²) in [5.41, 5.74) is 2.66. The molecule has 0 fully saturated rings. The first kappa shape index (κ1) is 20.6. The molecule has 0 aliphatic heterocycles. The fourth-order valence-corrected chi connectivity index (χ4v) is 3.60. The Kier molecular flexibility index (Phi) is 5.75. The number of aromatic nitrogens is 2. The van der Waals surface area contributed by atoms with Crippen molar-refractivity contribution in [2.45, 2.75) is 25.7 Å². The molecule has 0 atom stereocenters. The van der Waals surface area contributed by atoms with Crippen LogP contribution < -0.4 is 10.6 Å². The number of nitrogens with one attached hydrogen (secondary N) is 2. The van der Waals surface area contributed by atoms with Crippen LogP contribution in [-0.4, -0.2) is 28.1 Å². The van der Waals surface area contributed by atoms with E-state index in [0.717, 1.165) is 42.7 Å². The van der Waals surface area contributed by atoms with Crippen LogP contribution in [0, 0.1) is 17.5 Å². The highest BCUT2D eigenvalue weighted by Gasteiger charge is 2.25. The Balaban J connectivity index is 1.48. The van der Waals surface area contributed by atoms with Crippen LogP contribution >= 0.6 is 0 Å². The number of hydrogen-bond acceptors (Lipinski definition) is 3. The van der Waals surface area contributed by atoms with Crippen molar-refractivity contribution in [2.24, 2.45) is 0 Å². The normalized spacial score (nSPS) is 12.9. The monoisotopic (exact) mass is 428 g/mol.